The monoisotopic (exact) mass is 734 g/mol. The molecule has 9 nitrogen and oxygen atoms in total. The van der Waals surface area contributed by atoms with E-state index in [-0.39, 0.29) is 61.3 Å². The van der Waals surface area contributed by atoms with Gasteiger partial charge in [0.15, 0.2) is 9.84 Å². The summed E-state index contributed by atoms with van der Waals surface area (Å²) in [4.78, 5) is 33.8. The smallest absolute Gasteiger partial charge is 0.416 e. The Morgan fingerprint density at radius 3 is 2.51 bits per heavy atom. The predicted octanol–water partition coefficient (Wildman–Crippen LogP) is 6.50. The fraction of sp³-hybridized carbons (Fsp3) is 0.500. The first-order valence-corrected chi connectivity index (χ1v) is 17.1. The molecule has 15 heteroatoms. The molecular weight excluding hydrogens is 701 g/mol. The average molecular weight is 736 g/mol. The van der Waals surface area contributed by atoms with Crippen molar-refractivity contribution in [2.45, 2.75) is 76.3 Å². The largest absolute Gasteiger partial charge is 0.444 e. The van der Waals surface area contributed by atoms with Gasteiger partial charge in [-0.1, -0.05) is 18.5 Å². The molecule has 0 saturated carbocycles. The van der Waals surface area contributed by atoms with Crippen LogP contribution in [0.1, 0.15) is 57.2 Å². The number of rotatable bonds is 7. The Morgan fingerprint density at radius 2 is 1.89 bits per heavy atom. The summed E-state index contributed by atoms with van der Waals surface area (Å²) in [5, 5.41) is -0.0330. The van der Waals surface area contributed by atoms with E-state index in [1.165, 1.54) is 36.4 Å². The van der Waals surface area contributed by atoms with Crippen molar-refractivity contribution in [1.29, 1.82) is 0 Å². The fourth-order valence-electron chi connectivity index (χ4n) is 5.33. The third kappa shape index (κ3) is 8.01. The van der Waals surface area contributed by atoms with Crippen LogP contribution in [0.3, 0.4) is 0 Å². The molecule has 1 saturated heterocycles. The van der Waals surface area contributed by atoms with Gasteiger partial charge in [0.25, 0.3) is 5.56 Å². The van der Waals surface area contributed by atoms with Crippen molar-refractivity contribution >= 4 is 54.4 Å². The second-order valence-electron chi connectivity index (χ2n) is 12.1. The number of alkyl halides is 3. The standard InChI is InChI=1S/C30H35BrClF3N4O5S/c1-6-45(42,43)24-10-9-19(32)12-18(24)14-39-17-36-26-21(27(39)40)13-23(30(33,34)35)22(25(26)31)16-38-11-7-8-20(15-38)37(5)28(41)44-29(2,3)4/h9-10,12-13,17,20H,6-8,11,14-16H2,1-5H3. The van der Waals surface area contributed by atoms with E-state index in [0.29, 0.717) is 25.9 Å². The molecule has 2 aromatic carbocycles. The minimum Gasteiger partial charge on any atom is -0.444 e. The Morgan fingerprint density at radius 1 is 1.20 bits per heavy atom. The molecule has 1 fully saturated rings. The molecule has 45 heavy (non-hydrogen) atoms. The lowest BCUT2D eigenvalue weighted by Gasteiger charge is -2.38. The molecule has 0 aliphatic carbocycles. The Hall–Kier alpha value is -2.68. The Balaban J connectivity index is 1.71. The predicted molar refractivity (Wildman–Crippen MR) is 169 cm³/mol. The summed E-state index contributed by atoms with van der Waals surface area (Å²) in [5.74, 6) is -0.188. The molecular formula is C30H35BrClF3N4O5S. The number of hydrogen-bond donors (Lipinski definition) is 0. The number of amides is 1. The lowest BCUT2D eigenvalue weighted by atomic mass is 10.00. The SMILES string of the molecule is CCS(=O)(=O)c1ccc(Cl)cc1Cn1cnc2c(Br)c(CN3CCCC(N(C)C(=O)OC(C)(C)C)C3)c(C(F)(F)F)cc2c1=O. The van der Waals surface area contributed by atoms with Crippen molar-refractivity contribution in [3.05, 3.63) is 67.1 Å². The number of benzene rings is 2. The minimum atomic E-state index is -4.79. The maximum atomic E-state index is 14.5. The van der Waals surface area contributed by atoms with E-state index in [1.54, 1.807) is 27.8 Å². The highest BCUT2D eigenvalue weighted by Gasteiger charge is 2.37. The third-order valence-electron chi connectivity index (χ3n) is 7.63. The first-order chi connectivity index (χ1) is 20.8. The van der Waals surface area contributed by atoms with Gasteiger partial charge in [0.1, 0.15) is 5.60 Å². The number of fused-ring (bicyclic) bond motifs is 1. The number of carbonyl (C=O) groups is 1. The van der Waals surface area contributed by atoms with Crippen molar-refractivity contribution < 1.29 is 31.1 Å². The van der Waals surface area contributed by atoms with Gasteiger partial charge in [-0.05, 0) is 91.5 Å². The second kappa shape index (κ2) is 13.2. The number of carbonyl (C=O) groups excluding carboxylic acids is 1. The molecule has 0 spiro atoms. The van der Waals surface area contributed by atoms with Gasteiger partial charge in [0.05, 0.1) is 40.0 Å². The van der Waals surface area contributed by atoms with Gasteiger partial charge < -0.3 is 9.64 Å². The van der Waals surface area contributed by atoms with Crippen LogP contribution >= 0.6 is 27.5 Å². The van der Waals surface area contributed by atoms with E-state index in [4.69, 9.17) is 16.3 Å². The van der Waals surface area contributed by atoms with E-state index in [0.717, 1.165) is 10.6 Å². The minimum absolute atomic E-state index is 0.0222. The highest BCUT2D eigenvalue weighted by molar-refractivity contribution is 9.10. The van der Waals surface area contributed by atoms with Crippen LogP contribution in [0.2, 0.25) is 5.02 Å². The number of likely N-dealkylation sites (tertiary alicyclic amines) is 1. The van der Waals surface area contributed by atoms with Crippen LogP contribution in [0.25, 0.3) is 10.9 Å². The molecule has 1 amide bonds. The lowest BCUT2D eigenvalue weighted by molar-refractivity contribution is -0.138. The first kappa shape index (κ1) is 35.2. The van der Waals surface area contributed by atoms with Crippen LogP contribution < -0.4 is 5.56 Å². The summed E-state index contributed by atoms with van der Waals surface area (Å²) >= 11 is 9.42. The summed E-state index contributed by atoms with van der Waals surface area (Å²) in [5.41, 5.74) is -2.26. The Labute approximate surface area is 273 Å². The zero-order valence-corrected chi connectivity index (χ0v) is 28.7. The molecule has 1 unspecified atom stereocenters. The van der Waals surface area contributed by atoms with Gasteiger partial charge >= 0.3 is 12.3 Å². The third-order valence-corrected chi connectivity index (χ3v) is 10.6. The number of ether oxygens (including phenoxy) is 1. The number of sulfone groups is 1. The number of piperidine rings is 1. The summed E-state index contributed by atoms with van der Waals surface area (Å²) in [6.07, 6.45) is -2.78. The molecule has 1 aromatic heterocycles. The highest BCUT2D eigenvalue weighted by Crippen LogP contribution is 2.39. The van der Waals surface area contributed by atoms with Gasteiger partial charge in [-0.25, -0.2) is 18.2 Å². The molecule has 3 aromatic rings. The summed E-state index contributed by atoms with van der Waals surface area (Å²) < 4.78 is 75.4. The van der Waals surface area contributed by atoms with E-state index >= 15 is 0 Å². The number of halogens is 5. The quantitative estimate of drug-likeness (QED) is 0.273. The maximum absolute atomic E-state index is 14.5. The first-order valence-electron chi connectivity index (χ1n) is 14.3. The van der Waals surface area contributed by atoms with Gasteiger partial charge in [-0.3, -0.25) is 14.3 Å². The van der Waals surface area contributed by atoms with Crippen molar-refractivity contribution in [2.75, 3.05) is 25.9 Å². The van der Waals surface area contributed by atoms with Gasteiger partial charge in [-0.2, -0.15) is 13.2 Å². The van der Waals surface area contributed by atoms with Crippen LogP contribution in [-0.4, -0.2) is 71.4 Å². The summed E-state index contributed by atoms with van der Waals surface area (Å²) in [6, 6.07) is 4.71. The molecule has 2 heterocycles. The molecule has 246 valence electrons. The van der Waals surface area contributed by atoms with Crippen molar-refractivity contribution in [1.82, 2.24) is 19.4 Å². The van der Waals surface area contributed by atoms with E-state index in [2.05, 4.69) is 20.9 Å². The highest BCUT2D eigenvalue weighted by atomic mass is 79.9. The lowest BCUT2D eigenvalue weighted by Crippen LogP contribution is -2.49. The van der Waals surface area contributed by atoms with E-state index in [9.17, 15) is 31.2 Å². The molecule has 1 aliphatic heterocycles. The zero-order chi connectivity index (χ0) is 33.5. The second-order valence-corrected chi connectivity index (χ2v) is 15.5. The van der Waals surface area contributed by atoms with Crippen molar-refractivity contribution in [3.63, 3.8) is 0 Å². The molecule has 0 bridgehead atoms. The Bertz CT molecular complexity index is 1780. The van der Waals surface area contributed by atoms with Crippen molar-refractivity contribution in [3.8, 4) is 0 Å². The molecule has 0 radical (unpaired) electrons. The number of nitrogens with zero attached hydrogens (tertiary/aromatic N) is 4. The normalized spacial score (nSPS) is 16.6. The molecule has 1 atom stereocenters. The van der Waals surface area contributed by atoms with Crippen LogP contribution in [0.15, 0.2) is 44.8 Å². The van der Waals surface area contributed by atoms with Crippen LogP contribution in [0.4, 0.5) is 18.0 Å². The molecule has 0 N–H and O–H groups in total. The number of aromatic nitrogens is 2. The summed E-state index contributed by atoms with van der Waals surface area (Å²) in [6.45, 7) is 7.23. The number of hydrogen-bond acceptors (Lipinski definition) is 7. The topological polar surface area (TPSA) is 102 Å². The van der Waals surface area contributed by atoms with Gasteiger partial charge in [0, 0.05) is 35.7 Å². The van der Waals surface area contributed by atoms with Gasteiger partial charge in [0.2, 0.25) is 0 Å². The zero-order valence-electron chi connectivity index (χ0n) is 25.5. The fourth-order valence-corrected chi connectivity index (χ4v) is 7.29. The molecule has 4 rings (SSSR count). The Kier molecular flexibility index (Phi) is 10.3. The maximum Gasteiger partial charge on any atom is 0.416 e. The van der Waals surface area contributed by atoms with Crippen LogP contribution in [0, 0.1) is 0 Å². The summed E-state index contributed by atoms with van der Waals surface area (Å²) in [7, 11) is -2.06. The van der Waals surface area contributed by atoms with E-state index < -0.39 is 38.8 Å². The average Bonchev–Trinajstić information content (AvgIpc) is 2.94. The van der Waals surface area contributed by atoms with Gasteiger partial charge in [-0.15, -0.1) is 0 Å². The van der Waals surface area contributed by atoms with Crippen molar-refractivity contribution in [2.24, 2.45) is 0 Å². The van der Waals surface area contributed by atoms with E-state index in [1.807, 2.05) is 4.90 Å². The number of likely N-dealkylation sites (N-methyl/N-ethyl adjacent to an activating group) is 1. The van der Waals surface area contributed by atoms with Crippen LogP contribution in [-0.2, 0) is 33.8 Å². The van der Waals surface area contributed by atoms with Crippen LogP contribution in [0.5, 0.6) is 0 Å². The molecule has 1 aliphatic rings.